The average molecular weight is 187 g/mol. The lowest BCUT2D eigenvalue weighted by Gasteiger charge is -2.06. The first-order chi connectivity index (χ1) is 5.68. The Labute approximate surface area is 76.4 Å². The van der Waals surface area contributed by atoms with Crippen LogP contribution in [-0.2, 0) is 0 Å². The van der Waals surface area contributed by atoms with Gasteiger partial charge < -0.3 is 10.4 Å². The molecular weight excluding hydrogens is 176 g/mol. The van der Waals surface area contributed by atoms with Crippen molar-refractivity contribution in [1.29, 1.82) is 0 Å². The van der Waals surface area contributed by atoms with Crippen molar-refractivity contribution in [2.45, 2.75) is 13.0 Å². The Morgan fingerprint density at radius 3 is 2.92 bits per heavy atom. The number of anilines is 1. The number of halogens is 1. The van der Waals surface area contributed by atoms with Gasteiger partial charge in [-0.2, -0.15) is 0 Å². The van der Waals surface area contributed by atoms with E-state index in [4.69, 9.17) is 16.7 Å². The second-order valence-corrected chi connectivity index (χ2v) is 3.03. The Bertz CT molecular complexity index is 235. The number of nitrogens with one attached hydrogen (secondary N) is 1. The van der Waals surface area contributed by atoms with E-state index in [0.717, 1.165) is 5.82 Å². The maximum atomic E-state index is 8.95. The lowest BCUT2D eigenvalue weighted by atomic mass is 10.4. The Morgan fingerprint density at radius 2 is 2.42 bits per heavy atom. The smallest absolute Gasteiger partial charge is 0.126 e. The van der Waals surface area contributed by atoms with E-state index < -0.39 is 0 Å². The summed E-state index contributed by atoms with van der Waals surface area (Å²) in [5.74, 6) is 0.723. The van der Waals surface area contributed by atoms with Crippen LogP contribution in [0.4, 0.5) is 5.82 Å². The molecular formula is C8H11ClN2O. The van der Waals surface area contributed by atoms with E-state index in [-0.39, 0.29) is 6.10 Å². The highest BCUT2D eigenvalue weighted by molar-refractivity contribution is 6.30. The molecule has 0 radical (unpaired) electrons. The Kier molecular flexibility index (Phi) is 3.31. The first-order valence-electron chi connectivity index (χ1n) is 3.72. The molecule has 0 saturated heterocycles. The van der Waals surface area contributed by atoms with Crippen LogP contribution < -0.4 is 5.32 Å². The number of aliphatic hydroxyl groups is 1. The van der Waals surface area contributed by atoms with Crippen molar-refractivity contribution >= 4 is 17.4 Å². The zero-order valence-electron chi connectivity index (χ0n) is 6.79. The molecule has 4 heteroatoms. The molecule has 2 N–H and O–H groups in total. The standard InChI is InChI=1S/C8H11ClN2O/c1-6(12)4-10-8-3-2-7(9)5-11-8/h2-3,5-6,12H,4H2,1H3,(H,10,11). The fraction of sp³-hybridized carbons (Fsp3) is 0.375. The zero-order chi connectivity index (χ0) is 8.97. The van der Waals surface area contributed by atoms with Gasteiger partial charge in [0.2, 0.25) is 0 Å². The monoisotopic (exact) mass is 186 g/mol. The highest BCUT2D eigenvalue weighted by Crippen LogP contribution is 2.08. The predicted molar refractivity (Wildman–Crippen MR) is 49.4 cm³/mol. The summed E-state index contributed by atoms with van der Waals surface area (Å²) in [4.78, 5) is 4.00. The summed E-state index contributed by atoms with van der Waals surface area (Å²) in [6, 6.07) is 3.52. The number of nitrogens with zero attached hydrogens (tertiary/aromatic N) is 1. The topological polar surface area (TPSA) is 45.1 Å². The van der Waals surface area contributed by atoms with Crippen LogP contribution in [0.3, 0.4) is 0 Å². The van der Waals surface area contributed by atoms with E-state index in [1.165, 1.54) is 0 Å². The first-order valence-corrected chi connectivity index (χ1v) is 4.10. The molecule has 0 aliphatic heterocycles. The van der Waals surface area contributed by atoms with Crippen molar-refractivity contribution in [3.63, 3.8) is 0 Å². The van der Waals surface area contributed by atoms with Crippen molar-refractivity contribution in [2.75, 3.05) is 11.9 Å². The quantitative estimate of drug-likeness (QED) is 0.753. The van der Waals surface area contributed by atoms with Crippen LogP contribution >= 0.6 is 11.6 Å². The molecule has 1 aromatic rings. The summed E-state index contributed by atoms with van der Waals surface area (Å²) in [7, 11) is 0. The fourth-order valence-corrected chi connectivity index (χ4v) is 0.844. The Balaban J connectivity index is 2.48. The average Bonchev–Trinajstić information content (AvgIpc) is 2.03. The van der Waals surface area contributed by atoms with E-state index in [0.29, 0.717) is 11.6 Å². The third kappa shape index (κ3) is 3.07. The zero-order valence-corrected chi connectivity index (χ0v) is 7.54. The minimum absolute atomic E-state index is 0.373. The molecule has 0 aliphatic rings. The molecule has 1 unspecified atom stereocenters. The van der Waals surface area contributed by atoms with Crippen molar-refractivity contribution < 1.29 is 5.11 Å². The van der Waals surface area contributed by atoms with Crippen molar-refractivity contribution in [3.05, 3.63) is 23.4 Å². The highest BCUT2D eigenvalue weighted by Gasteiger charge is 1.96. The van der Waals surface area contributed by atoms with Crippen molar-refractivity contribution in [3.8, 4) is 0 Å². The second kappa shape index (κ2) is 4.28. The first kappa shape index (κ1) is 9.29. The fourth-order valence-electron chi connectivity index (χ4n) is 0.733. The molecule has 0 amide bonds. The lowest BCUT2D eigenvalue weighted by molar-refractivity contribution is 0.208. The number of hydrogen-bond acceptors (Lipinski definition) is 3. The van der Waals surface area contributed by atoms with Gasteiger partial charge in [0.1, 0.15) is 5.82 Å². The van der Waals surface area contributed by atoms with Crippen LogP contribution in [0.25, 0.3) is 0 Å². The van der Waals surface area contributed by atoms with Gasteiger partial charge in [-0.15, -0.1) is 0 Å². The Hall–Kier alpha value is -0.800. The molecule has 3 nitrogen and oxygen atoms in total. The van der Waals surface area contributed by atoms with Gasteiger partial charge >= 0.3 is 0 Å². The summed E-state index contributed by atoms with van der Waals surface area (Å²) < 4.78 is 0. The molecule has 1 atom stereocenters. The minimum Gasteiger partial charge on any atom is -0.392 e. The van der Waals surface area contributed by atoms with Gasteiger partial charge in [0.05, 0.1) is 11.1 Å². The highest BCUT2D eigenvalue weighted by atomic mass is 35.5. The van der Waals surface area contributed by atoms with E-state index in [1.807, 2.05) is 0 Å². The maximum Gasteiger partial charge on any atom is 0.126 e. The molecule has 1 heterocycles. The number of rotatable bonds is 3. The van der Waals surface area contributed by atoms with Crippen molar-refractivity contribution in [1.82, 2.24) is 4.98 Å². The van der Waals surface area contributed by atoms with Gasteiger partial charge in [-0.3, -0.25) is 0 Å². The number of aliphatic hydroxyl groups excluding tert-OH is 1. The third-order valence-corrected chi connectivity index (χ3v) is 1.53. The molecule has 1 aromatic heterocycles. The third-order valence-electron chi connectivity index (χ3n) is 1.31. The summed E-state index contributed by atoms with van der Waals surface area (Å²) in [5.41, 5.74) is 0. The van der Waals surface area contributed by atoms with Crippen molar-refractivity contribution in [2.24, 2.45) is 0 Å². The van der Waals surface area contributed by atoms with Gasteiger partial charge in [0.25, 0.3) is 0 Å². The van der Waals surface area contributed by atoms with Gasteiger partial charge in [0, 0.05) is 12.7 Å². The van der Waals surface area contributed by atoms with Gasteiger partial charge in [-0.25, -0.2) is 4.98 Å². The summed E-state index contributed by atoms with van der Waals surface area (Å²) >= 11 is 5.63. The second-order valence-electron chi connectivity index (χ2n) is 2.59. The van der Waals surface area contributed by atoms with E-state index in [2.05, 4.69) is 10.3 Å². The van der Waals surface area contributed by atoms with Crippen LogP contribution in [0, 0.1) is 0 Å². The Morgan fingerprint density at radius 1 is 1.67 bits per heavy atom. The molecule has 0 fully saturated rings. The van der Waals surface area contributed by atoms with Crippen LogP contribution in [0.5, 0.6) is 0 Å². The summed E-state index contributed by atoms with van der Waals surface area (Å²) in [6.07, 6.45) is 1.19. The number of pyridine rings is 1. The number of hydrogen-bond donors (Lipinski definition) is 2. The van der Waals surface area contributed by atoms with E-state index in [9.17, 15) is 0 Å². The largest absolute Gasteiger partial charge is 0.392 e. The summed E-state index contributed by atoms with van der Waals surface area (Å²) in [5, 5.41) is 12.5. The SMILES string of the molecule is CC(O)CNc1ccc(Cl)cn1. The van der Waals surface area contributed by atoms with Crippen LogP contribution in [-0.4, -0.2) is 22.7 Å². The van der Waals surface area contributed by atoms with Crippen LogP contribution in [0.1, 0.15) is 6.92 Å². The van der Waals surface area contributed by atoms with E-state index >= 15 is 0 Å². The minimum atomic E-state index is -0.373. The van der Waals surface area contributed by atoms with Crippen LogP contribution in [0.15, 0.2) is 18.3 Å². The molecule has 0 bridgehead atoms. The summed E-state index contributed by atoms with van der Waals surface area (Å²) in [6.45, 7) is 2.21. The van der Waals surface area contributed by atoms with Gasteiger partial charge in [-0.05, 0) is 19.1 Å². The molecule has 66 valence electrons. The molecule has 0 aromatic carbocycles. The maximum absolute atomic E-state index is 8.95. The van der Waals surface area contributed by atoms with Crippen LogP contribution in [0.2, 0.25) is 5.02 Å². The van der Waals surface area contributed by atoms with Gasteiger partial charge in [-0.1, -0.05) is 11.6 Å². The molecule has 0 saturated carbocycles. The normalized spacial score (nSPS) is 12.6. The molecule has 1 rings (SSSR count). The molecule has 0 aliphatic carbocycles. The van der Waals surface area contributed by atoms with E-state index in [1.54, 1.807) is 25.3 Å². The number of aromatic nitrogens is 1. The van der Waals surface area contributed by atoms with Gasteiger partial charge in [0.15, 0.2) is 0 Å². The molecule has 0 spiro atoms. The lowest BCUT2D eigenvalue weighted by Crippen LogP contribution is -2.15. The predicted octanol–water partition coefficient (Wildman–Crippen LogP) is 1.53. The molecule has 12 heavy (non-hydrogen) atoms.